The van der Waals surface area contributed by atoms with E-state index in [0.717, 1.165) is 9.87 Å². The number of esters is 1. The lowest BCUT2D eigenvalue weighted by Gasteiger charge is -2.11. The molecular formula is C19H20Cl2N2O5S. The Bertz CT molecular complexity index is 992. The first-order chi connectivity index (χ1) is 13.6. The molecule has 29 heavy (non-hydrogen) atoms. The first-order valence-corrected chi connectivity index (χ1v) is 10.7. The van der Waals surface area contributed by atoms with E-state index in [0.29, 0.717) is 23.0 Å². The summed E-state index contributed by atoms with van der Waals surface area (Å²) < 4.78 is 30.0. The number of rotatable bonds is 8. The molecule has 2 rings (SSSR count). The monoisotopic (exact) mass is 458 g/mol. The normalized spacial score (nSPS) is 11.3. The highest BCUT2D eigenvalue weighted by molar-refractivity contribution is 7.89. The van der Waals surface area contributed by atoms with Crippen molar-refractivity contribution in [1.82, 2.24) is 9.62 Å². The number of nitrogens with one attached hydrogen (secondary N) is 1. The molecule has 1 amide bonds. The van der Waals surface area contributed by atoms with Crippen LogP contribution >= 0.6 is 23.2 Å². The highest BCUT2D eigenvalue weighted by Gasteiger charge is 2.18. The maximum absolute atomic E-state index is 12.0. The molecule has 0 bridgehead atoms. The van der Waals surface area contributed by atoms with E-state index >= 15 is 0 Å². The molecule has 0 heterocycles. The molecule has 10 heteroatoms. The smallest absolute Gasteiger partial charge is 0.338 e. The Morgan fingerprint density at radius 1 is 1.07 bits per heavy atom. The topological polar surface area (TPSA) is 92.8 Å². The Balaban J connectivity index is 1.81. The van der Waals surface area contributed by atoms with Gasteiger partial charge in [0.2, 0.25) is 10.0 Å². The van der Waals surface area contributed by atoms with Crippen LogP contribution in [0, 0.1) is 0 Å². The van der Waals surface area contributed by atoms with Gasteiger partial charge in [-0.2, -0.15) is 0 Å². The third kappa shape index (κ3) is 6.43. The van der Waals surface area contributed by atoms with Crippen LogP contribution in [0.4, 0.5) is 0 Å². The zero-order valence-electron chi connectivity index (χ0n) is 15.8. The molecule has 0 aliphatic heterocycles. The molecule has 156 valence electrons. The largest absolute Gasteiger partial charge is 0.452 e. The molecule has 2 aromatic rings. The molecule has 0 saturated carbocycles. The van der Waals surface area contributed by atoms with Crippen LogP contribution < -0.4 is 5.32 Å². The summed E-state index contributed by atoms with van der Waals surface area (Å²) in [6.45, 7) is -0.139. The number of carbonyl (C=O) groups excluding carboxylic acids is 2. The SMILES string of the molecule is CN(C)S(=O)(=O)c1ccc(C(=O)OCC(=O)NCCc2ccc(Cl)cc2Cl)cc1. The van der Waals surface area contributed by atoms with Gasteiger partial charge in [0.05, 0.1) is 10.5 Å². The lowest BCUT2D eigenvalue weighted by molar-refractivity contribution is -0.124. The van der Waals surface area contributed by atoms with Crippen molar-refractivity contribution in [1.29, 1.82) is 0 Å². The van der Waals surface area contributed by atoms with Gasteiger partial charge in [-0.25, -0.2) is 17.5 Å². The molecule has 0 aromatic heterocycles. The van der Waals surface area contributed by atoms with E-state index in [-0.39, 0.29) is 10.5 Å². The fourth-order valence-electron chi connectivity index (χ4n) is 2.30. The molecule has 0 atom stereocenters. The van der Waals surface area contributed by atoms with Crippen molar-refractivity contribution in [2.24, 2.45) is 0 Å². The molecule has 0 saturated heterocycles. The lowest BCUT2D eigenvalue weighted by atomic mass is 10.1. The summed E-state index contributed by atoms with van der Waals surface area (Å²) >= 11 is 11.9. The predicted molar refractivity (Wildman–Crippen MR) is 111 cm³/mol. The Kier molecular flexibility index (Phi) is 8.04. The van der Waals surface area contributed by atoms with E-state index in [1.807, 2.05) is 0 Å². The minimum absolute atomic E-state index is 0.0534. The second-order valence-electron chi connectivity index (χ2n) is 6.22. The van der Waals surface area contributed by atoms with Gasteiger partial charge in [0.1, 0.15) is 0 Å². The summed E-state index contributed by atoms with van der Waals surface area (Å²) in [7, 11) is -0.756. The number of nitrogens with zero attached hydrogens (tertiary/aromatic N) is 1. The van der Waals surface area contributed by atoms with E-state index in [4.69, 9.17) is 27.9 Å². The summed E-state index contributed by atoms with van der Waals surface area (Å²) in [5.41, 5.74) is 0.976. The standard InChI is InChI=1S/C19H20Cl2N2O5S/c1-23(2)29(26,27)16-7-4-14(5-8-16)19(25)28-12-18(24)22-10-9-13-3-6-15(20)11-17(13)21/h3-8,11H,9-10,12H2,1-2H3,(H,22,24). The molecule has 1 N–H and O–H groups in total. The average molecular weight is 459 g/mol. The summed E-state index contributed by atoms with van der Waals surface area (Å²) in [6.07, 6.45) is 0.498. The highest BCUT2D eigenvalue weighted by Crippen LogP contribution is 2.21. The molecule has 0 spiro atoms. The third-order valence-electron chi connectivity index (χ3n) is 3.93. The van der Waals surface area contributed by atoms with Crippen LogP contribution in [0.5, 0.6) is 0 Å². The third-order valence-corrected chi connectivity index (χ3v) is 6.35. The zero-order chi connectivity index (χ0) is 21.6. The van der Waals surface area contributed by atoms with Gasteiger partial charge in [0.15, 0.2) is 6.61 Å². The van der Waals surface area contributed by atoms with Crippen LogP contribution in [0.25, 0.3) is 0 Å². The van der Waals surface area contributed by atoms with Crippen molar-refractivity contribution in [3.05, 3.63) is 63.6 Å². The molecule has 0 unspecified atom stereocenters. The Hall–Kier alpha value is -2.13. The van der Waals surface area contributed by atoms with E-state index in [1.54, 1.807) is 18.2 Å². The number of carbonyl (C=O) groups is 2. The van der Waals surface area contributed by atoms with Gasteiger partial charge >= 0.3 is 5.97 Å². The molecule has 0 aliphatic carbocycles. The van der Waals surface area contributed by atoms with E-state index < -0.39 is 28.5 Å². The van der Waals surface area contributed by atoms with E-state index in [1.165, 1.54) is 38.4 Å². The van der Waals surface area contributed by atoms with Gasteiger partial charge in [-0.3, -0.25) is 4.79 Å². The average Bonchev–Trinajstić information content (AvgIpc) is 2.67. The number of halogens is 2. The first-order valence-electron chi connectivity index (χ1n) is 8.51. The van der Waals surface area contributed by atoms with Crippen molar-refractivity contribution < 1.29 is 22.7 Å². The van der Waals surface area contributed by atoms with Crippen LogP contribution in [0.15, 0.2) is 47.4 Å². The van der Waals surface area contributed by atoms with Gasteiger partial charge in [-0.05, 0) is 48.4 Å². The Morgan fingerprint density at radius 2 is 1.72 bits per heavy atom. The number of benzene rings is 2. The van der Waals surface area contributed by atoms with Crippen molar-refractivity contribution in [3.8, 4) is 0 Å². The fourth-order valence-corrected chi connectivity index (χ4v) is 3.70. The van der Waals surface area contributed by atoms with Crippen LogP contribution in [0.1, 0.15) is 15.9 Å². The summed E-state index contributed by atoms with van der Waals surface area (Å²) in [4.78, 5) is 23.9. The number of hydrogen-bond donors (Lipinski definition) is 1. The molecule has 7 nitrogen and oxygen atoms in total. The van der Waals surface area contributed by atoms with Gasteiger partial charge < -0.3 is 10.1 Å². The van der Waals surface area contributed by atoms with Crippen molar-refractivity contribution >= 4 is 45.1 Å². The van der Waals surface area contributed by atoms with E-state index in [2.05, 4.69) is 5.32 Å². The van der Waals surface area contributed by atoms with Crippen molar-refractivity contribution in [2.45, 2.75) is 11.3 Å². The minimum atomic E-state index is -3.58. The zero-order valence-corrected chi connectivity index (χ0v) is 18.1. The molecule has 0 radical (unpaired) electrons. The molecule has 0 aliphatic rings. The molecular weight excluding hydrogens is 439 g/mol. The number of amides is 1. The lowest BCUT2D eigenvalue weighted by Crippen LogP contribution is -2.30. The Morgan fingerprint density at radius 3 is 2.31 bits per heavy atom. The summed E-state index contributed by atoms with van der Waals surface area (Å²) in [6, 6.07) is 10.4. The maximum atomic E-state index is 12.0. The quantitative estimate of drug-likeness (QED) is 0.613. The van der Waals surface area contributed by atoms with Gasteiger partial charge in [0.25, 0.3) is 5.91 Å². The first kappa shape index (κ1) is 23.2. The predicted octanol–water partition coefficient (Wildman–Crippen LogP) is 2.76. The van der Waals surface area contributed by atoms with Crippen LogP contribution in [-0.2, 0) is 26.0 Å². The van der Waals surface area contributed by atoms with Crippen molar-refractivity contribution in [2.75, 3.05) is 27.2 Å². The fraction of sp³-hybridized carbons (Fsp3) is 0.263. The number of hydrogen-bond acceptors (Lipinski definition) is 5. The number of sulfonamides is 1. The van der Waals surface area contributed by atoms with E-state index in [9.17, 15) is 18.0 Å². The molecule has 2 aromatic carbocycles. The number of ether oxygens (including phenoxy) is 1. The van der Waals surface area contributed by atoms with Gasteiger partial charge in [-0.15, -0.1) is 0 Å². The second kappa shape index (κ2) is 10.1. The van der Waals surface area contributed by atoms with Crippen LogP contribution in [0.2, 0.25) is 10.0 Å². The maximum Gasteiger partial charge on any atom is 0.338 e. The van der Waals surface area contributed by atoms with Crippen molar-refractivity contribution in [3.63, 3.8) is 0 Å². The Labute approximate surface area is 179 Å². The van der Waals surface area contributed by atoms with Gasteiger partial charge in [-0.1, -0.05) is 29.3 Å². The van der Waals surface area contributed by atoms with Crippen LogP contribution in [0.3, 0.4) is 0 Å². The van der Waals surface area contributed by atoms with Crippen LogP contribution in [-0.4, -0.2) is 51.8 Å². The summed E-state index contributed by atoms with van der Waals surface area (Å²) in [5.74, 6) is -1.19. The highest BCUT2D eigenvalue weighted by atomic mass is 35.5. The minimum Gasteiger partial charge on any atom is -0.452 e. The summed E-state index contributed by atoms with van der Waals surface area (Å²) in [5, 5.41) is 3.67. The van der Waals surface area contributed by atoms with Gasteiger partial charge in [0, 0.05) is 30.7 Å². The molecule has 0 fully saturated rings. The second-order valence-corrected chi connectivity index (χ2v) is 9.22.